The van der Waals surface area contributed by atoms with Crippen molar-refractivity contribution in [3.63, 3.8) is 0 Å². The first-order valence-corrected chi connectivity index (χ1v) is 9.58. The molecule has 0 amide bonds. The number of nitrogens with zero attached hydrogens (tertiary/aromatic N) is 1. The highest BCUT2D eigenvalue weighted by atomic mass is 16.7. The zero-order valence-corrected chi connectivity index (χ0v) is 16.3. The summed E-state index contributed by atoms with van der Waals surface area (Å²) in [6.45, 7) is 14.3. The van der Waals surface area contributed by atoms with Gasteiger partial charge >= 0.3 is 7.12 Å². The average molecular weight is 345 g/mol. The van der Waals surface area contributed by atoms with Crippen molar-refractivity contribution in [1.82, 2.24) is 4.90 Å². The highest BCUT2D eigenvalue weighted by Crippen LogP contribution is 2.46. The molecular weight excluding hydrogens is 313 g/mol. The molecule has 5 heteroatoms. The Bertz CT molecular complexity index is 541. The molecule has 0 aromatic heterocycles. The third-order valence-corrected chi connectivity index (χ3v) is 6.08. The molecule has 0 aliphatic carbocycles. The molecule has 0 bridgehead atoms. The van der Waals surface area contributed by atoms with Gasteiger partial charge in [-0.3, -0.25) is 4.90 Å². The van der Waals surface area contributed by atoms with Gasteiger partial charge < -0.3 is 14.0 Å². The van der Waals surface area contributed by atoms with Gasteiger partial charge in [0, 0.05) is 24.9 Å². The minimum absolute atomic E-state index is 0.192. The molecule has 2 heterocycles. The van der Waals surface area contributed by atoms with Crippen molar-refractivity contribution in [2.45, 2.75) is 64.1 Å². The Kier molecular flexibility index (Phi) is 5.59. The molecule has 0 unspecified atom stereocenters. The molecule has 2 aliphatic heterocycles. The summed E-state index contributed by atoms with van der Waals surface area (Å²) in [5, 5.41) is 0. The number of hydrogen-bond donors (Lipinski definition) is 0. The lowest BCUT2D eigenvalue weighted by Gasteiger charge is -2.39. The first-order chi connectivity index (χ1) is 11.9. The Morgan fingerprint density at radius 3 is 2.08 bits per heavy atom. The van der Waals surface area contributed by atoms with Crippen LogP contribution in [0.15, 0.2) is 30.3 Å². The fourth-order valence-corrected chi connectivity index (χ4v) is 3.86. The summed E-state index contributed by atoms with van der Waals surface area (Å²) in [5.41, 5.74) is 0.750. The number of ether oxygens (including phenoxy) is 1. The van der Waals surface area contributed by atoms with E-state index in [2.05, 4.69) is 69.9 Å². The quantitative estimate of drug-likeness (QED) is 0.757. The summed E-state index contributed by atoms with van der Waals surface area (Å²) in [6.07, 6.45) is 1.01. The molecule has 3 rings (SSSR count). The third-order valence-electron chi connectivity index (χ3n) is 6.08. The van der Waals surface area contributed by atoms with Crippen LogP contribution < -0.4 is 0 Å². The average Bonchev–Trinajstić information content (AvgIpc) is 2.81. The second kappa shape index (κ2) is 7.39. The van der Waals surface area contributed by atoms with Crippen LogP contribution in [0.3, 0.4) is 0 Å². The predicted octanol–water partition coefficient (Wildman–Crippen LogP) is 3.93. The maximum Gasteiger partial charge on any atom is 0.463 e. The molecule has 0 N–H and O–H groups in total. The normalized spacial score (nSPS) is 25.7. The van der Waals surface area contributed by atoms with Gasteiger partial charge in [0.25, 0.3) is 0 Å². The van der Waals surface area contributed by atoms with E-state index in [1.165, 1.54) is 5.56 Å². The van der Waals surface area contributed by atoms with Gasteiger partial charge in [-0.05, 0) is 33.3 Å². The van der Waals surface area contributed by atoms with Crippen LogP contribution in [-0.4, -0.2) is 49.5 Å². The smallest absolute Gasteiger partial charge is 0.403 e. The Morgan fingerprint density at radius 2 is 1.56 bits per heavy atom. The van der Waals surface area contributed by atoms with E-state index in [4.69, 9.17) is 14.0 Å². The SMILES string of the molecule is CC[C@@H](B1OC(C)(C)C(C)(C)O1)[C@@H](c1ccccc1)N1CCOCC1. The largest absolute Gasteiger partial charge is 0.463 e. The molecule has 1 aromatic carbocycles. The first kappa shape index (κ1) is 18.9. The van der Waals surface area contributed by atoms with Crippen molar-refractivity contribution in [1.29, 1.82) is 0 Å². The van der Waals surface area contributed by atoms with Crippen molar-refractivity contribution in [2.24, 2.45) is 0 Å². The van der Waals surface area contributed by atoms with Crippen LogP contribution in [-0.2, 0) is 14.0 Å². The second-order valence-electron chi connectivity index (χ2n) is 8.20. The summed E-state index contributed by atoms with van der Waals surface area (Å²) in [4.78, 5) is 2.54. The maximum atomic E-state index is 6.43. The molecule has 0 saturated carbocycles. The van der Waals surface area contributed by atoms with Gasteiger partial charge in [-0.1, -0.05) is 43.7 Å². The minimum Gasteiger partial charge on any atom is -0.403 e. The highest BCUT2D eigenvalue weighted by Gasteiger charge is 2.55. The number of morpholine rings is 1. The molecule has 2 fully saturated rings. The second-order valence-corrected chi connectivity index (χ2v) is 8.20. The van der Waals surface area contributed by atoms with Gasteiger partial charge in [-0.2, -0.15) is 0 Å². The van der Waals surface area contributed by atoms with E-state index in [0.29, 0.717) is 0 Å². The Labute approximate surface area is 153 Å². The van der Waals surface area contributed by atoms with E-state index in [1.54, 1.807) is 0 Å². The van der Waals surface area contributed by atoms with Crippen LogP contribution in [0.2, 0.25) is 5.82 Å². The zero-order valence-electron chi connectivity index (χ0n) is 16.3. The van der Waals surface area contributed by atoms with Crippen molar-refractivity contribution in [2.75, 3.05) is 26.3 Å². The summed E-state index contributed by atoms with van der Waals surface area (Å²) >= 11 is 0. The molecule has 4 nitrogen and oxygen atoms in total. The maximum absolute atomic E-state index is 6.43. The van der Waals surface area contributed by atoms with Crippen LogP contribution >= 0.6 is 0 Å². The van der Waals surface area contributed by atoms with Crippen LogP contribution in [0.5, 0.6) is 0 Å². The van der Waals surface area contributed by atoms with Crippen molar-refractivity contribution in [3.8, 4) is 0 Å². The standard InChI is InChI=1S/C20H32BNO3/c1-6-17(21-24-19(2,3)20(4,5)25-21)18(16-10-8-7-9-11-16)22-12-14-23-15-13-22/h7-11,17-18H,6,12-15H2,1-5H3/t17-,18-/m1/s1. The lowest BCUT2D eigenvalue weighted by Crippen LogP contribution is -2.44. The van der Waals surface area contributed by atoms with Crippen LogP contribution in [0.25, 0.3) is 0 Å². The first-order valence-electron chi connectivity index (χ1n) is 9.58. The van der Waals surface area contributed by atoms with Crippen molar-refractivity contribution >= 4 is 7.12 Å². The predicted molar refractivity (Wildman–Crippen MR) is 102 cm³/mol. The lowest BCUT2D eigenvalue weighted by molar-refractivity contribution is 0.00578. The molecule has 2 saturated heterocycles. The molecule has 0 spiro atoms. The number of hydrogen-bond acceptors (Lipinski definition) is 4. The Balaban J connectivity index is 1.90. The van der Waals surface area contributed by atoms with Gasteiger partial charge in [0.05, 0.1) is 24.4 Å². The molecule has 2 aliphatic rings. The minimum atomic E-state index is -0.294. The monoisotopic (exact) mass is 345 g/mol. The van der Waals surface area contributed by atoms with Gasteiger partial charge in [0.1, 0.15) is 0 Å². The van der Waals surface area contributed by atoms with Gasteiger partial charge in [-0.25, -0.2) is 0 Å². The van der Waals surface area contributed by atoms with E-state index >= 15 is 0 Å². The lowest BCUT2D eigenvalue weighted by atomic mass is 9.64. The summed E-state index contributed by atoms with van der Waals surface area (Å²) in [7, 11) is -0.192. The molecular formula is C20H32BNO3. The summed E-state index contributed by atoms with van der Waals surface area (Å²) in [5.74, 6) is 0.279. The summed E-state index contributed by atoms with van der Waals surface area (Å²) < 4.78 is 18.4. The molecule has 2 atom stereocenters. The fraction of sp³-hybridized carbons (Fsp3) is 0.700. The van der Waals surface area contributed by atoms with E-state index in [0.717, 1.165) is 32.7 Å². The van der Waals surface area contributed by atoms with Crippen molar-refractivity contribution in [3.05, 3.63) is 35.9 Å². The van der Waals surface area contributed by atoms with Crippen LogP contribution in [0, 0.1) is 0 Å². The van der Waals surface area contributed by atoms with E-state index < -0.39 is 0 Å². The summed E-state index contributed by atoms with van der Waals surface area (Å²) in [6, 6.07) is 11.1. The molecule has 138 valence electrons. The molecule has 1 aromatic rings. The zero-order chi connectivity index (χ0) is 18.1. The van der Waals surface area contributed by atoms with Gasteiger partial charge in [0.2, 0.25) is 0 Å². The van der Waals surface area contributed by atoms with Gasteiger partial charge in [0.15, 0.2) is 0 Å². The third kappa shape index (κ3) is 3.80. The Morgan fingerprint density at radius 1 is 1.00 bits per heavy atom. The Hall–Kier alpha value is -0.875. The molecule has 0 radical (unpaired) electrons. The van der Waals surface area contributed by atoms with Crippen LogP contribution in [0.1, 0.15) is 52.6 Å². The topological polar surface area (TPSA) is 30.9 Å². The highest BCUT2D eigenvalue weighted by molar-refractivity contribution is 6.47. The fourth-order valence-electron chi connectivity index (χ4n) is 3.86. The number of benzene rings is 1. The van der Waals surface area contributed by atoms with Crippen LogP contribution in [0.4, 0.5) is 0 Å². The van der Waals surface area contributed by atoms with E-state index in [-0.39, 0.29) is 30.2 Å². The van der Waals surface area contributed by atoms with Gasteiger partial charge in [-0.15, -0.1) is 0 Å². The number of rotatable bonds is 5. The molecule has 25 heavy (non-hydrogen) atoms. The van der Waals surface area contributed by atoms with E-state index in [1.807, 2.05) is 0 Å². The van der Waals surface area contributed by atoms with E-state index in [9.17, 15) is 0 Å². The van der Waals surface area contributed by atoms with Crippen molar-refractivity contribution < 1.29 is 14.0 Å².